The highest BCUT2D eigenvalue weighted by Crippen LogP contribution is 2.33. The standard InChI is InChI=1S/C14H15F3N2O2S/c1-8-2-4-11(22-7-14(15,16)17)10(6-8)19-13(21)9-3-5-12(20)18-9/h2,4,6,9H,3,5,7H2,1H3,(H,18,20)(H,19,21). The minimum atomic E-state index is -4.28. The molecule has 1 fully saturated rings. The summed E-state index contributed by atoms with van der Waals surface area (Å²) in [6, 6.07) is 4.22. The molecule has 120 valence electrons. The molecule has 1 aromatic rings. The summed E-state index contributed by atoms with van der Waals surface area (Å²) >= 11 is 0.621. The lowest BCUT2D eigenvalue weighted by molar-refractivity contribution is -0.122. The quantitative estimate of drug-likeness (QED) is 0.834. The van der Waals surface area contributed by atoms with E-state index >= 15 is 0 Å². The van der Waals surface area contributed by atoms with Gasteiger partial charge in [0.1, 0.15) is 6.04 Å². The van der Waals surface area contributed by atoms with Crippen LogP contribution < -0.4 is 10.6 Å². The molecule has 0 aromatic heterocycles. The van der Waals surface area contributed by atoms with Gasteiger partial charge in [-0.1, -0.05) is 6.07 Å². The monoisotopic (exact) mass is 332 g/mol. The second kappa shape index (κ2) is 6.60. The Balaban J connectivity index is 2.09. The zero-order valence-corrected chi connectivity index (χ0v) is 12.6. The van der Waals surface area contributed by atoms with Crippen molar-refractivity contribution in [2.24, 2.45) is 0 Å². The number of hydrogen-bond donors (Lipinski definition) is 2. The van der Waals surface area contributed by atoms with E-state index in [0.717, 1.165) is 5.56 Å². The van der Waals surface area contributed by atoms with Crippen LogP contribution in [0.4, 0.5) is 18.9 Å². The van der Waals surface area contributed by atoms with E-state index in [1.807, 2.05) is 0 Å². The molecule has 4 nitrogen and oxygen atoms in total. The van der Waals surface area contributed by atoms with E-state index < -0.39 is 23.9 Å². The van der Waals surface area contributed by atoms with Crippen LogP contribution in [0.3, 0.4) is 0 Å². The van der Waals surface area contributed by atoms with Gasteiger partial charge in [0.25, 0.3) is 0 Å². The number of aryl methyl sites for hydroxylation is 1. The van der Waals surface area contributed by atoms with Crippen molar-refractivity contribution in [1.82, 2.24) is 5.32 Å². The molecule has 2 amide bonds. The molecule has 0 radical (unpaired) electrons. The lowest BCUT2D eigenvalue weighted by Gasteiger charge is -2.15. The average Bonchev–Trinajstić information content (AvgIpc) is 2.83. The maximum Gasteiger partial charge on any atom is 0.398 e. The Kier molecular flexibility index (Phi) is 5.00. The number of halogens is 3. The molecular weight excluding hydrogens is 317 g/mol. The first-order valence-corrected chi connectivity index (χ1v) is 7.63. The zero-order chi connectivity index (χ0) is 16.3. The van der Waals surface area contributed by atoms with Gasteiger partial charge in [-0.2, -0.15) is 13.2 Å². The lowest BCUT2D eigenvalue weighted by Crippen LogP contribution is -2.37. The Morgan fingerprint density at radius 2 is 2.18 bits per heavy atom. The maximum absolute atomic E-state index is 12.3. The second-order valence-electron chi connectivity index (χ2n) is 5.05. The first kappa shape index (κ1) is 16.7. The molecule has 1 heterocycles. The van der Waals surface area contributed by atoms with E-state index in [0.29, 0.717) is 28.8 Å². The molecule has 1 aliphatic heterocycles. The molecule has 1 aliphatic rings. The van der Waals surface area contributed by atoms with E-state index in [1.165, 1.54) is 0 Å². The van der Waals surface area contributed by atoms with Gasteiger partial charge >= 0.3 is 6.18 Å². The number of nitrogens with one attached hydrogen (secondary N) is 2. The minimum Gasteiger partial charge on any atom is -0.344 e. The molecular formula is C14H15F3N2O2S. The van der Waals surface area contributed by atoms with Gasteiger partial charge in [-0.05, 0) is 31.0 Å². The minimum absolute atomic E-state index is 0.198. The highest BCUT2D eigenvalue weighted by atomic mass is 32.2. The number of thioether (sulfide) groups is 1. The van der Waals surface area contributed by atoms with E-state index in [4.69, 9.17) is 0 Å². The highest BCUT2D eigenvalue weighted by Gasteiger charge is 2.29. The van der Waals surface area contributed by atoms with E-state index in [2.05, 4.69) is 10.6 Å². The fourth-order valence-corrected chi connectivity index (χ4v) is 2.81. The first-order valence-electron chi connectivity index (χ1n) is 6.65. The Bertz CT molecular complexity index is 590. The number of rotatable bonds is 4. The highest BCUT2D eigenvalue weighted by molar-refractivity contribution is 7.99. The fraction of sp³-hybridized carbons (Fsp3) is 0.429. The largest absolute Gasteiger partial charge is 0.398 e. The summed E-state index contributed by atoms with van der Waals surface area (Å²) in [5.41, 5.74) is 1.16. The molecule has 0 bridgehead atoms. The van der Waals surface area contributed by atoms with E-state index in [-0.39, 0.29) is 12.3 Å². The molecule has 0 spiro atoms. The van der Waals surface area contributed by atoms with Crippen molar-refractivity contribution in [2.45, 2.75) is 36.9 Å². The third-order valence-electron chi connectivity index (χ3n) is 3.10. The van der Waals surface area contributed by atoms with Crippen LogP contribution in [0.5, 0.6) is 0 Å². The van der Waals surface area contributed by atoms with Gasteiger partial charge in [-0.25, -0.2) is 0 Å². The van der Waals surface area contributed by atoms with Gasteiger partial charge in [0.05, 0.1) is 11.4 Å². The summed E-state index contributed by atoms with van der Waals surface area (Å²) in [6.45, 7) is 1.78. The van der Waals surface area contributed by atoms with Crippen LogP contribution in [-0.2, 0) is 9.59 Å². The first-order chi connectivity index (χ1) is 10.2. The summed E-state index contributed by atoms with van der Waals surface area (Å²) in [4.78, 5) is 23.5. The molecule has 0 saturated carbocycles. The average molecular weight is 332 g/mol. The molecule has 1 saturated heterocycles. The molecule has 0 aliphatic carbocycles. The van der Waals surface area contributed by atoms with Crippen molar-refractivity contribution in [3.8, 4) is 0 Å². The molecule has 22 heavy (non-hydrogen) atoms. The van der Waals surface area contributed by atoms with Crippen LogP contribution in [0, 0.1) is 6.92 Å². The Labute approximate surface area is 129 Å². The van der Waals surface area contributed by atoms with Gasteiger partial charge in [0.15, 0.2) is 0 Å². The van der Waals surface area contributed by atoms with Gasteiger partial charge in [-0.3, -0.25) is 9.59 Å². The van der Waals surface area contributed by atoms with E-state index in [1.54, 1.807) is 25.1 Å². The van der Waals surface area contributed by atoms with Crippen LogP contribution in [0.15, 0.2) is 23.1 Å². The summed E-state index contributed by atoms with van der Waals surface area (Å²) < 4.78 is 37.0. The van der Waals surface area contributed by atoms with Crippen LogP contribution in [0.1, 0.15) is 18.4 Å². The summed E-state index contributed by atoms with van der Waals surface area (Å²) in [7, 11) is 0. The molecule has 1 aromatic carbocycles. The second-order valence-corrected chi connectivity index (χ2v) is 6.07. The van der Waals surface area contributed by atoms with Gasteiger partial charge in [-0.15, -0.1) is 11.8 Å². The molecule has 1 atom stereocenters. The number of anilines is 1. The summed E-state index contributed by atoms with van der Waals surface area (Å²) in [6.07, 6.45) is -3.61. The third-order valence-corrected chi connectivity index (χ3v) is 4.23. The van der Waals surface area contributed by atoms with Gasteiger partial charge in [0.2, 0.25) is 11.8 Å². The Morgan fingerprint density at radius 1 is 1.45 bits per heavy atom. The predicted octanol–water partition coefficient (Wildman–Crippen LogP) is 2.87. The van der Waals surface area contributed by atoms with Gasteiger partial charge in [0, 0.05) is 11.3 Å². The van der Waals surface area contributed by atoms with Crippen LogP contribution in [0.2, 0.25) is 0 Å². The number of carbonyl (C=O) groups excluding carboxylic acids is 2. The normalized spacial score (nSPS) is 18.2. The van der Waals surface area contributed by atoms with Crippen molar-refractivity contribution < 1.29 is 22.8 Å². The number of hydrogen-bond acceptors (Lipinski definition) is 3. The number of alkyl halides is 3. The number of amides is 2. The SMILES string of the molecule is Cc1ccc(SCC(F)(F)F)c(NC(=O)C2CCC(=O)N2)c1. The van der Waals surface area contributed by atoms with Crippen LogP contribution in [-0.4, -0.2) is 29.8 Å². The number of benzene rings is 1. The van der Waals surface area contributed by atoms with E-state index in [9.17, 15) is 22.8 Å². The number of carbonyl (C=O) groups is 2. The van der Waals surface area contributed by atoms with Crippen molar-refractivity contribution in [2.75, 3.05) is 11.1 Å². The fourth-order valence-electron chi connectivity index (χ4n) is 2.06. The molecule has 1 unspecified atom stereocenters. The van der Waals surface area contributed by atoms with Crippen LogP contribution >= 0.6 is 11.8 Å². The van der Waals surface area contributed by atoms with Gasteiger partial charge < -0.3 is 10.6 Å². The zero-order valence-electron chi connectivity index (χ0n) is 11.8. The summed E-state index contributed by atoms with van der Waals surface area (Å²) in [5, 5.41) is 5.13. The third kappa shape index (κ3) is 4.66. The van der Waals surface area contributed by atoms with Crippen LogP contribution in [0.25, 0.3) is 0 Å². The lowest BCUT2D eigenvalue weighted by atomic mass is 10.2. The summed E-state index contributed by atoms with van der Waals surface area (Å²) in [5.74, 6) is -1.64. The molecule has 2 rings (SSSR count). The molecule has 2 N–H and O–H groups in total. The topological polar surface area (TPSA) is 58.2 Å². The molecule has 8 heteroatoms. The predicted molar refractivity (Wildman–Crippen MR) is 77.8 cm³/mol. The van der Waals surface area contributed by atoms with Crippen molar-refractivity contribution in [3.63, 3.8) is 0 Å². The smallest absolute Gasteiger partial charge is 0.344 e. The Hall–Kier alpha value is -1.70. The maximum atomic E-state index is 12.3. The van der Waals surface area contributed by atoms with Crippen molar-refractivity contribution in [3.05, 3.63) is 23.8 Å². The van der Waals surface area contributed by atoms with Crippen molar-refractivity contribution in [1.29, 1.82) is 0 Å². The Morgan fingerprint density at radius 3 is 2.77 bits per heavy atom. The van der Waals surface area contributed by atoms with Crippen molar-refractivity contribution >= 4 is 29.3 Å².